The summed E-state index contributed by atoms with van der Waals surface area (Å²) in [6, 6.07) is 10.5. The van der Waals surface area contributed by atoms with E-state index in [9.17, 15) is 0 Å². The molecule has 2 aromatic rings. The van der Waals surface area contributed by atoms with Crippen LogP contribution in [0.5, 0.6) is 0 Å². The Morgan fingerprint density at radius 2 is 1.73 bits per heavy atom. The zero-order valence-corrected chi connectivity index (χ0v) is 13.3. The Kier molecular flexibility index (Phi) is 4.11. The zero-order chi connectivity index (χ0) is 15.5. The highest BCUT2D eigenvalue weighted by Gasteiger charge is 2.18. The van der Waals surface area contributed by atoms with Crippen molar-refractivity contribution >= 4 is 11.4 Å². The summed E-state index contributed by atoms with van der Waals surface area (Å²) >= 11 is 0. The number of pyridine rings is 1. The molecular formula is C19H21N3. The van der Waals surface area contributed by atoms with Gasteiger partial charge >= 0.3 is 0 Å². The number of hydrogen-bond donors (Lipinski definition) is 0. The molecule has 0 bridgehead atoms. The number of nitrogens with zero attached hydrogens (tertiary/aromatic N) is 3. The van der Waals surface area contributed by atoms with Crippen molar-refractivity contribution in [2.24, 2.45) is 0 Å². The van der Waals surface area contributed by atoms with Gasteiger partial charge in [-0.2, -0.15) is 0 Å². The predicted octanol–water partition coefficient (Wildman–Crippen LogP) is 4.91. The maximum absolute atomic E-state index is 7.51. The molecule has 1 aliphatic heterocycles. The van der Waals surface area contributed by atoms with Gasteiger partial charge in [0.15, 0.2) is 0 Å². The van der Waals surface area contributed by atoms with E-state index >= 15 is 0 Å². The third-order valence-electron chi connectivity index (χ3n) is 4.30. The fourth-order valence-electron chi connectivity index (χ4n) is 3.04. The lowest BCUT2D eigenvalue weighted by molar-refractivity contribution is 0.578. The molecule has 1 fully saturated rings. The molecule has 0 spiro atoms. The molecule has 0 aliphatic carbocycles. The van der Waals surface area contributed by atoms with E-state index in [1.165, 1.54) is 24.8 Å². The van der Waals surface area contributed by atoms with Crippen LogP contribution in [-0.4, -0.2) is 18.1 Å². The SMILES string of the molecule is [C-]#[N+]c1c(N2CCCCC2)cc(-c2ccc(C)cc2)nc1C. The van der Waals surface area contributed by atoms with Crippen molar-refractivity contribution in [3.8, 4) is 11.3 Å². The quantitative estimate of drug-likeness (QED) is 0.733. The van der Waals surface area contributed by atoms with Crippen molar-refractivity contribution in [3.05, 3.63) is 53.0 Å². The maximum Gasteiger partial charge on any atom is 0.230 e. The van der Waals surface area contributed by atoms with Gasteiger partial charge < -0.3 is 4.90 Å². The normalized spacial score (nSPS) is 14.7. The van der Waals surface area contributed by atoms with E-state index in [0.717, 1.165) is 35.7 Å². The van der Waals surface area contributed by atoms with E-state index in [1.807, 2.05) is 6.92 Å². The molecule has 0 amide bonds. The Labute approximate surface area is 132 Å². The zero-order valence-electron chi connectivity index (χ0n) is 13.3. The Morgan fingerprint density at radius 1 is 1.05 bits per heavy atom. The molecule has 22 heavy (non-hydrogen) atoms. The van der Waals surface area contributed by atoms with Crippen LogP contribution in [0, 0.1) is 20.4 Å². The second kappa shape index (κ2) is 6.19. The van der Waals surface area contributed by atoms with Gasteiger partial charge in [-0.05, 0) is 39.2 Å². The average molecular weight is 291 g/mol. The number of aryl methyl sites for hydroxylation is 2. The summed E-state index contributed by atoms with van der Waals surface area (Å²) in [5, 5.41) is 0. The minimum atomic E-state index is 0.706. The van der Waals surface area contributed by atoms with Crippen molar-refractivity contribution in [1.29, 1.82) is 0 Å². The van der Waals surface area contributed by atoms with E-state index in [2.05, 4.69) is 52.0 Å². The summed E-state index contributed by atoms with van der Waals surface area (Å²) in [6.45, 7) is 13.6. The fourth-order valence-corrected chi connectivity index (χ4v) is 3.04. The molecule has 3 heteroatoms. The summed E-state index contributed by atoms with van der Waals surface area (Å²) < 4.78 is 0. The highest BCUT2D eigenvalue weighted by Crippen LogP contribution is 2.36. The molecule has 3 rings (SSSR count). The first-order chi connectivity index (χ1) is 10.7. The first-order valence-corrected chi connectivity index (χ1v) is 7.90. The van der Waals surface area contributed by atoms with Crippen LogP contribution >= 0.6 is 0 Å². The first-order valence-electron chi connectivity index (χ1n) is 7.90. The minimum absolute atomic E-state index is 0.706. The van der Waals surface area contributed by atoms with Gasteiger partial charge in [0.1, 0.15) is 0 Å². The molecule has 1 aromatic carbocycles. The van der Waals surface area contributed by atoms with E-state index in [1.54, 1.807) is 0 Å². The molecule has 0 unspecified atom stereocenters. The van der Waals surface area contributed by atoms with Crippen LogP contribution in [0.4, 0.5) is 11.4 Å². The van der Waals surface area contributed by atoms with Crippen LogP contribution < -0.4 is 4.90 Å². The van der Waals surface area contributed by atoms with Crippen LogP contribution in [0.25, 0.3) is 16.1 Å². The van der Waals surface area contributed by atoms with Gasteiger partial charge in [0.25, 0.3) is 0 Å². The van der Waals surface area contributed by atoms with Crippen LogP contribution in [0.2, 0.25) is 0 Å². The predicted molar refractivity (Wildman–Crippen MR) is 91.5 cm³/mol. The fraction of sp³-hybridized carbons (Fsp3) is 0.368. The Bertz CT molecular complexity index is 705. The van der Waals surface area contributed by atoms with Gasteiger partial charge in [0.05, 0.1) is 12.3 Å². The summed E-state index contributed by atoms with van der Waals surface area (Å²) in [7, 11) is 0. The number of rotatable bonds is 2. The van der Waals surface area contributed by atoms with E-state index < -0.39 is 0 Å². The molecule has 0 saturated carbocycles. The lowest BCUT2D eigenvalue weighted by atomic mass is 10.1. The molecule has 1 aromatic heterocycles. The molecule has 0 atom stereocenters. The number of piperidine rings is 1. The summed E-state index contributed by atoms with van der Waals surface area (Å²) in [5.74, 6) is 0. The second-order valence-corrected chi connectivity index (χ2v) is 5.99. The number of anilines is 1. The van der Waals surface area contributed by atoms with Crippen LogP contribution in [0.3, 0.4) is 0 Å². The van der Waals surface area contributed by atoms with Gasteiger partial charge in [-0.15, -0.1) is 0 Å². The van der Waals surface area contributed by atoms with Gasteiger partial charge in [-0.25, -0.2) is 4.85 Å². The van der Waals surface area contributed by atoms with Gasteiger partial charge in [-0.1, -0.05) is 29.8 Å². The maximum atomic E-state index is 7.51. The van der Waals surface area contributed by atoms with Crippen molar-refractivity contribution < 1.29 is 0 Å². The van der Waals surface area contributed by atoms with Crippen molar-refractivity contribution in [3.63, 3.8) is 0 Å². The molecular weight excluding hydrogens is 270 g/mol. The molecule has 2 heterocycles. The molecule has 0 N–H and O–H groups in total. The highest BCUT2D eigenvalue weighted by molar-refractivity contribution is 5.78. The van der Waals surface area contributed by atoms with E-state index in [0.29, 0.717) is 5.69 Å². The Morgan fingerprint density at radius 3 is 2.36 bits per heavy atom. The van der Waals surface area contributed by atoms with Crippen molar-refractivity contribution in [2.75, 3.05) is 18.0 Å². The first kappa shape index (κ1) is 14.6. The number of hydrogen-bond acceptors (Lipinski definition) is 2. The largest absolute Gasteiger partial charge is 0.380 e. The average Bonchev–Trinajstić information content (AvgIpc) is 2.55. The second-order valence-electron chi connectivity index (χ2n) is 5.99. The van der Waals surface area contributed by atoms with E-state index in [4.69, 9.17) is 6.57 Å². The van der Waals surface area contributed by atoms with Crippen molar-refractivity contribution in [2.45, 2.75) is 33.1 Å². The molecule has 3 nitrogen and oxygen atoms in total. The highest BCUT2D eigenvalue weighted by atomic mass is 15.1. The third-order valence-corrected chi connectivity index (χ3v) is 4.30. The number of benzene rings is 1. The smallest absolute Gasteiger partial charge is 0.230 e. The number of aromatic nitrogens is 1. The Balaban J connectivity index is 2.07. The van der Waals surface area contributed by atoms with Gasteiger partial charge in [-0.3, -0.25) is 4.98 Å². The van der Waals surface area contributed by atoms with Crippen LogP contribution in [0.15, 0.2) is 30.3 Å². The minimum Gasteiger partial charge on any atom is -0.380 e. The van der Waals surface area contributed by atoms with Gasteiger partial charge in [0.2, 0.25) is 5.69 Å². The molecule has 1 aliphatic rings. The molecule has 1 saturated heterocycles. The van der Waals surface area contributed by atoms with Crippen LogP contribution in [-0.2, 0) is 0 Å². The summed E-state index contributed by atoms with van der Waals surface area (Å²) in [4.78, 5) is 10.7. The van der Waals surface area contributed by atoms with Crippen molar-refractivity contribution in [1.82, 2.24) is 4.98 Å². The van der Waals surface area contributed by atoms with E-state index in [-0.39, 0.29) is 0 Å². The van der Waals surface area contributed by atoms with Crippen LogP contribution in [0.1, 0.15) is 30.5 Å². The van der Waals surface area contributed by atoms with Gasteiger partial charge in [0, 0.05) is 30.0 Å². The molecule has 112 valence electrons. The standard InChI is InChI=1S/C19H21N3/c1-14-7-9-16(10-8-14)17-13-18(19(20-3)15(2)21-17)22-11-5-4-6-12-22/h7-10,13H,4-6,11-12H2,1-2H3. The monoisotopic (exact) mass is 291 g/mol. The third kappa shape index (κ3) is 2.82. The summed E-state index contributed by atoms with van der Waals surface area (Å²) in [5.41, 5.74) is 5.91. The summed E-state index contributed by atoms with van der Waals surface area (Å²) in [6.07, 6.45) is 3.70. The lowest BCUT2D eigenvalue weighted by Gasteiger charge is -2.30. The topological polar surface area (TPSA) is 20.5 Å². The lowest BCUT2D eigenvalue weighted by Crippen LogP contribution is -2.29. The molecule has 0 radical (unpaired) electrons. The Hall–Kier alpha value is -2.34.